The molecule has 0 aromatic rings. The molecule has 0 bridgehead atoms. The Labute approximate surface area is 108 Å². The van der Waals surface area contributed by atoms with Gasteiger partial charge < -0.3 is 10.4 Å². The molecule has 0 aromatic heterocycles. The van der Waals surface area contributed by atoms with Crippen molar-refractivity contribution in [3.8, 4) is 0 Å². The fourth-order valence-corrected chi connectivity index (χ4v) is 1.94. The Balaban J connectivity index is 3.23. The molecule has 0 amide bonds. The highest BCUT2D eigenvalue weighted by Crippen LogP contribution is 2.10. The van der Waals surface area contributed by atoms with Gasteiger partial charge in [-0.3, -0.25) is 0 Å². The summed E-state index contributed by atoms with van der Waals surface area (Å²) in [5.41, 5.74) is -0.0683. The molecule has 0 fully saturated rings. The van der Waals surface area contributed by atoms with Gasteiger partial charge in [-0.15, -0.1) is 0 Å². The van der Waals surface area contributed by atoms with E-state index in [2.05, 4.69) is 26.1 Å². The van der Waals surface area contributed by atoms with Gasteiger partial charge in [0.05, 0.1) is 6.61 Å². The molecular formula is C15H33NO. The van der Waals surface area contributed by atoms with E-state index in [0.717, 1.165) is 13.0 Å². The average molecular weight is 243 g/mol. The maximum absolute atomic E-state index is 9.25. The first-order valence-electron chi connectivity index (χ1n) is 7.54. The van der Waals surface area contributed by atoms with Crippen LogP contribution in [0.3, 0.4) is 0 Å². The molecule has 0 spiro atoms. The Morgan fingerprint density at radius 2 is 1.41 bits per heavy atom. The summed E-state index contributed by atoms with van der Waals surface area (Å²) in [6, 6.07) is 0. The molecule has 2 N–H and O–H groups in total. The van der Waals surface area contributed by atoms with Gasteiger partial charge in [0.15, 0.2) is 0 Å². The number of nitrogens with one attached hydrogen (secondary N) is 1. The largest absolute Gasteiger partial charge is 0.394 e. The molecule has 0 saturated heterocycles. The molecule has 1 unspecified atom stereocenters. The molecular weight excluding hydrogens is 210 g/mol. The van der Waals surface area contributed by atoms with Gasteiger partial charge in [-0.25, -0.2) is 0 Å². The van der Waals surface area contributed by atoms with Crippen LogP contribution in [0.2, 0.25) is 0 Å². The van der Waals surface area contributed by atoms with E-state index in [1.54, 1.807) is 0 Å². The number of hydrogen-bond acceptors (Lipinski definition) is 2. The summed E-state index contributed by atoms with van der Waals surface area (Å²) >= 11 is 0. The van der Waals surface area contributed by atoms with E-state index in [0.29, 0.717) is 0 Å². The summed E-state index contributed by atoms with van der Waals surface area (Å²) in [6.07, 6.45) is 11.9. The lowest BCUT2D eigenvalue weighted by atomic mass is 10.00. The van der Waals surface area contributed by atoms with Crippen LogP contribution in [0.15, 0.2) is 0 Å². The van der Waals surface area contributed by atoms with Crippen molar-refractivity contribution in [3.63, 3.8) is 0 Å². The van der Waals surface area contributed by atoms with Gasteiger partial charge in [-0.2, -0.15) is 0 Å². The van der Waals surface area contributed by atoms with Crippen LogP contribution in [0.25, 0.3) is 0 Å². The highest BCUT2D eigenvalue weighted by Gasteiger charge is 2.18. The van der Waals surface area contributed by atoms with E-state index in [4.69, 9.17) is 0 Å². The molecule has 0 rings (SSSR count). The molecule has 2 nitrogen and oxygen atoms in total. The lowest BCUT2D eigenvalue weighted by molar-refractivity contribution is 0.170. The highest BCUT2D eigenvalue weighted by molar-refractivity contribution is 4.79. The molecule has 0 aliphatic carbocycles. The number of aliphatic hydroxyl groups excluding tert-OH is 1. The minimum Gasteiger partial charge on any atom is -0.394 e. The smallest absolute Gasteiger partial charge is 0.0610 e. The second-order valence-corrected chi connectivity index (χ2v) is 5.47. The maximum Gasteiger partial charge on any atom is 0.0610 e. The molecule has 2 heteroatoms. The Morgan fingerprint density at radius 3 is 1.88 bits per heavy atom. The Kier molecular flexibility index (Phi) is 11.0. The van der Waals surface area contributed by atoms with Gasteiger partial charge >= 0.3 is 0 Å². The fourth-order valence-electron chi connectivity index (χ4n) is 1.94. The normalized spacial score (nSPS) is 14.8. The lowest BCUT2D eigenvalue weighted by Gasteiger charge is -2.27. The van der Waals surface area contributed by atoms with Crippen LogP contribution in [0.5, 0.6) is 0 Å². The van der Waals surface area contributed by atoms with Crippen LogP contribution in [0.4, 0.5) is 0 Å². The zero-order valence-electron chi connectivity index (χ0n) is 12.2. The first-order valence-corrected chi connectivity index (χ1v) is 7.54. The third-order valence-electron chi connectivity index (χ3n) is 3.71. The van der Waals surface area contributed by atoms with Crippen LogP contribution >= 0.6 is 0 Å². The van der Waals surface area contributed by atoms with Crippen molar-refractivity contribution in [2.75, 3.05) is 13.2 Å². The molecule has 17 heavy (non-hydrogen) atoms. The van der Waals surface area contributed by atoms with Crippen molar-refractivity contribution in [1.82, 2.24) is 5.32 Å². The zero-order chi connectivity index (χ0) is 13.0. The van der Waals surface area contributed by atoms with Gasteiger partial charge in [0, 0.05) is 5.54 Å². The standard InChI is InChI=1S/C15H33NO/c1-4-6-7-8-9-10-11-12-13-16-15(3,5-2)14-17/h16-17H,4-14H2,1-3H3. The fraction of sp³-hybridized carbons (Fsp3) is 1.00. The predicted molar refractivity (Wildman–Crippen MR) is 76.4 cm³/mol. The summed E-state index contributed by atoms with van der Waals surface area (Å²) in [5, 5.41) is 12.7. The summed E-state index contributed by atoms with van der Waals surface area (Å²) in [4.78, 5) is 0. The van der Waals surface area contributed by atoms with Crippen LogP contribution < -0.4 is 5.32 Å². The molecule has 0 heterocycles. The summed E-state index contributed by atoms with van der Waals surface area (Å²) < 4.78 is 0. The molecule has 0 aromatic carbocycles. The highest BCUT2D eigenvalue weighted by atomic mass is 16.3. The minimum absolute atomic E-state index is 0.0683. The van der Waals surface area contributed by atoms with Crippen molar-refractivity contribution >= 4 is 0 Å². The lowest BCUT2D eigenvalue weighted by Crippen LogP contribution is -2.45. The van der Waals surface area contributed by atoms with Gasteiger partial charge in [0.2, 0.25) is 0 Å². The van der Waals surface area contributed by atoms with Gasteiger partial charge in [-0.05, 0) is 26.3 Å². The van der Waals surface area contributed by atoms with Crippen LogP contribution in [0.1, 0.15) is 78.6 Å². The summed E-state index contributed by atoms with van der Waals surface area (Å²) in [6.45, 7) is 7.76. The number of aliphatic hydroxyl groups is 1. The van der Waals surface area contributed by atoms with Gasteiger partial charge in [-0.1, -0.05) is 58.8 Å². The maximum atomic E-state index is 9.25. The van der Waals surface area contributed by atoms with E-state index in [9.17, 15) is 5.11 Å². The number of unbranched alkanes of at least 4 members (excludes halogenated alkanes) is 7. The summed E-state index contributed by atoms with van der Waals surface area (Å²) in [5.74, 6) is 0. The third kappa shape index (κ3) is 9.61. The van der Waals surface area contributed by atoms with E-state index in [-0.39, 0.29) is 12.1 Å². The van der Waals surface area contributed by atoms with E-state index in [1.807, 2.05) is 0 Å². The van der Waals surface area contributed by atoms with Crippen LogP contribution in [-0.4, -0.2) is 23.8 Å². The predicted octanol–water partition coefficient (Wildman–Crippen LogP) is 3.88. The second kappa shape index (κ2) is 11.0. The molecule has 104 valence electrons. The SMILES string of the molecule is CCCCCCCCCCNC(C)(CC)CO. The van der Waals surface area contributed by atoms with E-state index < -0.39 is 0 Å². The Morgan fingerprint density at radius 1 is 0.882 bits per heavy atom. The van der Waals surface area contributed by atoms with Crippen molar-refractivity contribution in [1.29, 1.82) is 0 Å². The van der Waals surface area contributed by atoms with Crippen LogP contribution in [0, 0.1) is 0 Å². The Bertz CT molecular complexity index is 155. The van der Waals surface area contributed by atoms with E-state index in [1.165, 1.54) is 51.4 Å². The van der Waals surface area contributed by atoms with Crippen LogP contribution in [-0.2, 0) is 0 Å². The third-order valence-corrected chi connectivity index (χ3v) is 3.71. The molecule has 0 saturated carbocycles. The topological polar surface area (TPSA) is 32.3 Å². The molecule has 0 aliphatic heterocycles. The van der Waals surface area contributed by atoms with Gasteiger partial charge in [0.1, 0.15) is 0 Å². The number of rotatable bonds is 12. The van der Waals surface area contributed by atoms with Crippen molar-refractivity contribution in [2.24, 2.45) is 0 Å². The van der Waals surface area contributed by atoms with Crippen molar-refractivity contribution in [3.05, 3.63) is 0 Å². The summed E-state index contributed by atoms with van der Waals surface area (Å²) in [7, 11) is 0. The second-order valence-electron chi connectivity index (χ2n) is 5.47. The quantitative estimate of drug-likeness (QED) is 0.510. The monoisotopic (exact) mass is 243 g/mol. The average Bonchev–Trinajstić information content (AvgIpc) is 2.36. The first-order chi connectivity index (χ1) is 8.18. The van der Waals surface area contributed by atoms with Gasteiger partial charge in [0.25, 0.3) is 0 Å². The number of hydrogen-bond donors (Lipinski definition) is 2. The molecule has 0 radical (unpaired) electrons. The Hall–Kier alpha value is -0.0800. The zero-order valence-corrected chi connectivity index (χ0v) is 12.2. The molecule has 0 aliphatic rings. The van der Waals surface area contributed by atoms with Crippen molar-refractivity contribution in [2.45, 2.75) is 84.1 Å². The van der Waals surface area contributed by atoms with Crippen molar-refractivity contribution < 1.29 is 5.11 Å². The molecule has 1 atom stereocenters. The van der Waals surface area contributed by atoms with E-state index >= 15 is 0 Å². The first kappa shape index (κ1) is 16.9. The minimum atomic E-state index is -0.0683.